The van der Waals surface area contributed by atoms with Crippen molar-refractivity contribution in [3.63, 3.8) is 0 Å². The van der Waals surface area contributed by atoms with Gasteiger partial charge in [0.2, 0.25) is 0 Å². The van der Waals surface area contributed by atoms with E-state index in [-0.39, 0.29) is 0 Å². The third kappa shape index (κ3) is 7.41. The first-order valence-electron chi connectivity index (χ1n) is 7.57. The minimum atomic E-state index is 0.513. The van der Waals surface area contributed by atoms with E-state index in [1.165, 1.54) is 12.2 Å². The molecule has 0 amide bonds. The molecule has 1 rings (SSSR count). The summed E-state index contributed by atoms with van der Waals surface area (Å²) in [5.74, 6) is 2.91. The van der Waals surface area contributed by atoms with E-state index in [1.54, 1.807) is 13.1 Å². The summed E-state index contributed by atoms with van der Waals surface area (Å²) in [5, 5.41) is 6.66. The molecule has 0 aliphatic heterocycles. The molecule has 4 nitrogen and oxygen atoms in total. The largest absolute Gasteiger partial charge is 0.489 e. The van der Waals surface area contributed by atoms with Gasteiger partial charge in [-0.05, 0) is 30.9 Å². The molecule has 22 heavy (non-hydrogen) atoms. The lowest BCUT2D eigenvalue weighted by atomic mass is 10.2. The standard InChI is InChI=1S/C17H27N3OS/c1-4-12-21-16-10-6-5-9-15(16)14-20-17(18-2)19-11-7-8-13-22-3/h4-6,9-10H,1,7-8,11-14H2,2-3H3,(H2,18,19,20). The fraction of sp³-hybridized carbons (Fsp3) is 0.471. The molecule has 0 radical (unpaired) electrons. The average molecular weight is 321 g/mol. The summed E-state index contributed by atoms with van der Waals surface area (Å²) >= 11 is 1.89. The summed E-state index contributed by atoms with van der Waals surface area (Å²) < 4.78 is 5.66. The lowest BCUT2D eigenvalue weighted by molar-refractivity contribution is 0.358. The molecule has 0 aromatic heterocycles. The van der Waals surface area contributed by atoms with Crippen molar-refractivity contribution in [3.05, 3.63) is 42.5 Å². The van der Waals surface area contributed by atoms with E-state index >= 15 is 0 Å². The van der Waals surface area contributed by atoms with Crippen LogP contribution in [-0.2, 0) is 6.54 Å². The summed E-state index contributed by atoms with van der Waals surface area (Å²) in [5.41, 5.74) is 1.11. The number of hydrogen-bond donors (Lipinski definition) is 2. The van der Waals surface area contributed by atoms with Gasteiger partial charge in [0.25, 0.3) is 0 Å². The molecule has 1 aromatic carbocycles. The molecule has 0 bridgehead atoms. The van der Waals surface area contributed by atoms with Crippen molar-refractivity contribution in [2.24, 2.45) is 4.99 Å². The van der Waals surface area contributed by atoms with E-state index in [9.17, 15) is 0 Å². The number of benzene rings is 1. The Kier molecular flexibility index (Phi) is 10.0. The lowest BCUT2D eigenvalue weighted by Crippen LogP contribution is -2.37. The Morgan fingerprint density at radius 1 is 1.32 bits per heavy atom. The van der Waals surface area contributed by atoms with Crippen molar-refractivity contribution >= 4 is 17.7 Å². The number of para-hydroxylation sites is 1. The Morgan fingerprint density at radius 2 is 2.14 bits per heavy atom. The Hall–Kier alpha value is -1.62. The number of nitrogens with zero attached hydrogens (tertiary/aromatic N) is 1. The summed E-state index contributed by atoms with van der Waals surface area (Å²) in [6.45, 7) is 5.81. The predicted octanol–water partition coefficient (Wildman–Crippen LogP) is 3.06. The van der Waals surface area contributed by atoms with Crippen molar-refractivity contribution in [1.82, 2.24) is 10.6 Å². The fourth-order valence-corrected chi connectivity index (χ4v) is 2.41. The van der Waals surface area contributed by atoms with Gasteiger partial charge in [-0.25, -0.2) is 0 Å². The van der Waals surface area contributed by atoms with Crippen molar-refractivity contribution < 1.29 is 4.74 Å². The van der Waals surface area contributed by atoms with E-state index in [0.717, 1.165) is 30.2 Å². The molecule has 0 unspecified atom stereocenters. The summed E-state index contributed by atoms with van der Waals surface area (Å²) in [6, 6.07) is 8.01. The van der Waals surface area contributed by atoms with Crippen molar-refractivity contribution in [3.8, 4) is 5.75 Å². The third-order valence-corrected chi connectivity index (χ3v) is 3.76. The first-order chi connectivity index (χ1) is 10.8. The first-order valence-corrected chi connectivity index (χ1v) is 8.96. The zero-order valence-corrected chi connectivity index (χ0v) is 14.4. The average Bonchev–Trinajstić information content (AvgIpc) is 2.56. The number of thioether (sulfide) groups is 1. The van der Waals surface area contributed by atoms with Crippen molar-refractivity contribution in [1.29, 1.82) is 0 Å². The SMILES string of the molecule is C=CCOc1ccccc1CNC(=NC)NCCCCSC. The molecule has 0 fully saturated rings. The van der Waals surface area contributed by atoms with Crippen LogP contribution in [0.1, 0.15) is 18.4 Å². The normalized spacial score (nSPS) is 11.1. The second kappa shape index (κ2) is 12.0. The molecular formula is C17H27N3OS. The number of aliphatic imine (C=N–C) groups is 1. The van der Waals surface area contributed by atoms with Crippen LogP contribution in [0.5, 0.6) is 5.75 Å². The number of hydrogen-bond acceptors (Lipinski definition) is 3. The van der Waals surface area contributed by atoms with Crippen LogP contribution in [0.15, 0.2) is 41.9 Å². The first kappa shape index (κ1) is 18.4. The Balaban J connectivity index is 2.41. The molecule has 122 valence electrons. The summed E-state index contributed by atoms with van der Waals surface area (Å²) in [4.78, 5) is 4.24. The van der Waals surface area contributed by atoms with Gasteiger partial charge >= 0.3 is 0 Å². The highest BCUT2D eigenvalue weighted by molar-refractivity contribution is 7.98. The predicted molar refractivity (Wildman–Crippen MR) is 98.0 cm³/mol. The molecule has 0 heterocycles. The lowest BCUT2D eigenvalue weighted by Gasteiger charge is -2.14. The van der Waals surface area contributed by atoms with Crippen LogP contribution in [-0.4, -0.2) is 38.2 Å². The van der Waals surface area contributed by atoms with E-state index in [1.807, 2.05) is 30.0 Å². The zero-order chi connectivity index (χ0) is 16.0. The highest BCUT2D eigenvalue weighted by Crippen LogP contribution is 2.17. The quantitative estimate of drug-likeness (QED) is 0.301. The molecular weight excluding hydrogens is 294 g/mol. The van der Waals surface area contributed by atoms with E-state index in [4.69, 9.17) is 4.74 Å². The highest BCUT2D eigenvalue weighted by atomic mass is 32.2. The van der Waals surface area contributed by atoms with Crippen LogP contribution in [0.4, 0.5) is 0 Å². The second-order valence-electron chi connectivity index (χ2n) is 4.76. The molecule has 0 saturated heterocycles. The molecule has 0 spiro atoms. The fourth-order valence-electron chi connectivity index (χ4n) is 1.92. The van der Waals surface area contributed by atoms with Crippen LogP contribution < -0.4 is 15.4 Å². The monoisotopic (exact) mass is 321 g/mol. The number of unbranched alkanes of at least 4 members (excludes halogenated alkanes) is 1. The van der Waals surface area contributed by atoms with Crippen LogP contribution >= 0.6 is 11.8 Å². The number of rotatable bonds is 10. The molecule has 2 N–H and O–H groups in total. The highest BCUT2D eigenvalue weighted by Gasteiger charge is 2.03. The molecule has 0 saturated carbocycles. The molecule has 5 heteroatoms. The maximum atomic E-state index is 5.66. The minimum absolute atomic E-state index is 0.513. The third-order valence-electron chi connectivity index (χ3n) is 3.07. The van der Waals surface area contributed by atoms with Crippen LogP contribution in [0.2, 0.25) is 0 Å². The summed E-state index contributed by atoms with van der Waals surface area (Å²) in [7, 11) is 1.79. The van der Waals surface area contributed by atoms with Gasteiger partial charge in [-0.1, -0.05) is 30.9 Å². The van der Waals surface area contributed by atoms with Gasteiger partial charge in [0.15, 0.2) is 5.96 Å². The van der Waals surface area contributed by atoms with Crippen molar-refractivity contribution in [2.45, 2.75) is 19.4 Å². The van der Waals surface area contributed by atoms with Gasteiger partial charge < -0.3 is 15.4 Å². The molecule has 1 aromatic rings. The Bertz CT molecular complexity index is 463. The van der Waals surface area contributed by atoms with Crippen LogP contribution in [0.3, 0.4) is 0 Å². The van der Waals surface area contributed by atoms with Gasteiger partial charge in [-0.2, -0.15) is 11.8 Å². The molecule has 0 aliphatic carbocycles. The minimum Gasteiger partial charge on any atom is -0.489 e. The van der Waals surface area contributed by atoms with Gasteiger partial charge in [-0.3, -0.25) is 4.99 Å². The van der Waals surface area contributed by atoms with Crippen LogP contribution in [0.25, 0.3) is 0 Å². The van der Waals surface area contributed by atoms with Gasteiger partial charge in [0, 0.05) is 25.7 Å². The van der Waals surface area contributed by atoms with E-state index in [0.29, 0.717) is 13.2 Å². The van der Waals surface area contributed by atoms with Gasteiger partial charge in [0.05, 0.1) is 0 Å². The molecule has 0 aliphatic rings. The van der Waals surface area contributed by atoms with E-state index < -0.39 is 0 Å². The maximum Gasteiger partial charge on any atom is 0.191 e. The Morgan fingerprint density at radius 3 is 2.86 bits per heavy atom. The zero-order valence-electron chi connectivity index (χ0n) is 13.6. The van der Waals surface area contributed by atoms with Crippen molar-refractivity contribution in [2.75, 3.05) is 32.2 Å². The summed E-state index contributed by atoms with van der Waals surface area (Å²) in [6.07, 6.45) is 6.27. The van der Waals surface area contributed by atoms with E-state index in [2.05, 4.69) is 34.5 Å². The number of nitrogens with one attached hydrogen (secondary N) is 2. The Labute approximate surface area is 138 Å². The van der Waals surface area contributed by atoms with Gasteiger partial charge in [-0.15, -0.1) is 0 Å². The molecule has 0 atom stereocenters. The number of ether oxygens (including phenoxy) is 1. The second-order valence-corrected chi connectivity index (χ2v) is 5.75. The smallest absolute Gasteiger partial charge is 0.191 e. The van der Waals surface area contributed by atoms with Crippen LogP contribution in [0, 0.1) is 0 Å². The topological polar surface area (TPSA) is 45.6 Å². The number of guanidine groups is 1. The van der Waals surface area contributed by atoms with Gasteiger partial charge in [0.1, 0.15) is 12.4 Å². The maximum absolute atomic E-state index is 5.66.